The Morgan fingerprint density at radius 1 is 1.25 bits per heavy atom. The van der Waals surface area contributed by atoms with Crippen molar-refractivity contribution >= 4 is 22.6 Å². The number of aromatic nitrogens is 3. The summed E-state index contributed by atoms with van der Waals surface area (Å²) in [4.78, 5) is 21.6. The number of likely N-dealkylation sites (tertiary alicyclic amines) is 1. The second-order valence-electron chi connectivity index (χ2n) is 11.3. The topological polar surface area (TPSA) is 98.1 Å². The van der Waals surface area contributed by atoms with Gasteiger partial charge in [-0.25, -0.2) is 4.98 Å². The number of hydrogen-bond acceptors (Lipinski definition) is 6. The van der Waals surface area contributed by atoms with Crippen LogP contribution in [0.2, 0.25) is 0 Å². The number of rotatable bonds is 3. The average Bonchev–Trinajstić information content (AvgIpc) is 3.48. The number of hydrogen-bond donors (Lipinski definition) is 1. The summed E-state index contributed by atoms with van der Waals surface area (Å²) in [6.45, 7) is 11.8. The van der Waals surface area contributed by atoms with Crippen LogP contribution in [0.5, 0.6) is 0 Å². The fourth-order valence-electron chi connectivity index (χ4n) is 6.27. The summed E-state index contributed by atoms with van der Waals surface area (Å²) in [6.07, 6.45) is 4.06. The van der Waals surface area contributed by atoms with Gasteiger partial charge in [0, 0.05) is 66.5 Å². The van der Waals surface area contributed by atoms with Gasteiger partial charge in [0.15, 0.2) is 0 Å². The minimum atomic E-state index is -0.320. The fraction of sp³-hybridized carbons (Fsp3) is 0.500. The van der Waals surface area contributed by atoms with Crippen LogP contribution in [0, 0.1) is 23.7 Å². The van der Waals surface area contributed by atoms with Crippen molar-refractivity contribution in [1.29, 1.82) is 5.26 Å². The number of carbonyl (C=O) groups excluding carboxylic acids is 1. The molecule has 186 valence electrons. The minimum absolute atomic E-state index is 0.0942. The number of H-pyrrole nitrogens is 1. The molecule has 2 fully saturated rings. The van der Waals surface area contributed by atoms with E-state index >= 15 is 0 Å². The number of anilines is 1. The lowest BCUT2D eigenvalue weighted by atomic mass is 9.79. The first kappa shape index (κ1) is 23.0. The van der Waals surface area contributed by atoms with E-state index in [9.17, 15) is 10.1 Å². The molecule has 2 saturated heterocycles. The van der Waals surface area contributed by atoms with Crippen molar-refractivity contribution in [3.05, 3.63) is 40.7 Å². The third kappa shape index (κ3) is 3.48. The molecule has 1 spiro atoms. The summed E-state index contributed by atoms with van der Waals surface area (Å²) >= 11 is 0. The standard InChI is InChI=1S/C28H32N6O2/c1-5-22(35)34-15-28(16-34)8-9-33(14-28)26-19(11-29)24(20-13-36-27(3,4)10-21(20)31-26)23-17(2)6-7-18-12-30-32-25(18)23/h6-7,12H,5,8-10,13-16H2,1-4H3,(H,30,32). The molecule has 3 aliphatic rings. The van der Waals surface area contributed by atoms with E-state index in [-0.39, 0.29) is 16.9 Å². The predicted octanol–water partition coefficient (Wildman–Crippen LogP) is 4.11. The Hall–Kier alpha value is -3.44. The number of nitrogens with zero attached hydrogens (tertiary/aromatic N) is 5. The van der Waals surface area contributed by atoms with Crippen LogP contribution in [0.4, 0.5) is 5.82 Å². The van der Waals surface area contributed by atoms with E-state index in [4.69, 9.17) is 9.72 Å². The van der Waals surface area contributed by atoms with Crippen LogP contribution in [0.15, 0.2) is 18.3 Å². The van der Waals surface area contributed by atoms with Crippen LogP contribution >= 0.6 is 0 Å². The van der Waals surface area contributed by atoms with Crippen LogP contribution in [0.3, 0.4) is 0 Å². The summed E-state index contributed by atoms with van der Waals surface area (Å²) in [5, 5.41) is 19.0. The van der Waals surface area contributed by atoms with E-state index in [1.54, 1.807) is 0 Å². The lowest BCUT2D eigenvalue weighted by Gasteiger charge is -2.48. The molecular weight excluding hydrogens is 452 g/mol. The van der Waals surface area contributed by atoms with Crippen LogP contribution < -0.4 is 4.90 Å². The van der Waals surface area contributed by atoms with Gasteiger partial charge in [0.2, 0.25) is 5.91 Å². The number of nitriles is 1. The van der Waals surface area contributed by atoms with Crippen molar-refractivity contribution in [2.24, 2.45) is 5.41 Å². The highest BCUT2D eigenvalue weighted by atomic mass is 16.5. The highest BCUT2D eigenvalue weighted by molar-refractivity contribution is 5.98. The first-order valence-electron chi connectivity index (χ1n) is 12.8. The van der Waals surface area contributed by atoms with Gasteiger partial charge < -0.3 is 14.5 Å². The molecular formula is C28H32N6O2. The van der Waals surface area contributed by atoms with Gasteiger partial charge in [-0.05, 0) is 32.8 Å². The van der Waals surface area contributed by atoms with Crippen molar-refractivity contribution in [2.45, 2.75) is 59.2 Å². The molecule has 3 aliphatic heterocycles. The Balaban J connectivity index is 1.49. The molecule has 0 radical (unpaired) electrons. The smallest absolute Gasteiger partial charge is 0.222 e. The van der Waals surface area contributed by atoms with Crippen molar-refractivity contribution in [3.8, 4) is 17.2 Å². The van der Waals surface area contributed by atoms with Gasteiger partial charge in [-0.2, -0.15) is 10.4 Å². The highest BCUT2D eigenvalue weighted by Crippen LogP contribution is 2.46. The van der Waals surface area contributed by atoms with E-state index in [1.165, 1.54) is 0 Å². The summed E-state index contributed by atoms with van der Waals surface area (Å²) in [6, 6.07) is 6.68. The van der Waals surface area contributed by atoms with Gasteiger partial charge in [-0.1, -0.05) is 19.1 Å². The maximum Gasteiger partial charge on any atom is 0.222 e. The molecule has 0 unspecified atom stereocenters. The number of amides is 1. The van der Waals surface area contributed by atoms with Gasteiger partial charge >= 0.3 is 0 Å². The van der Waals surface area contributed by atoms with E-state index in [1.807, 2.05) is 18.0 Å². The number of ether oxygens (including phenoxy) is 1. The third-order valence-corrected chi connectivity index (χ3v) is 8.20. The lowest BCUT2D eigenvalue weighted by molar-refractivity contribution is -0.141. The Morgan fingerprint density at radius 2 is 2.06 bits per heavy atom. The summed E-state index contributed by atoms with van der Waals surface area (Å²) in [7, 11) is 0. The van der Waals surface area contributed by atoms with Crippen LogP contribution in [-0.4, -0.2) is 57.8 Å². The number of carbonyl (C=O) groups is 1. The molecule has 36 heavy (non-hydrogen) atoms. The second-order valence-corrected chi connectivity index (χ2v) is 11.3. The molecule has 0 atom stereocenters. The van der Waals surface area contributed by atoms with E-state index in [0.717, 1.165) is 77.3 Å². The zero-order valence-electron chi connectivity index (χ0n) is 21.4. The Morgan fingerprint density at radius 3 is 2.81 bits per heavy atom. The molecule has 0 bridgehead atoms. The summed E-state index contributed by atoms with van der Waals surface area (Å²) < 4.78 is 6.23. The maximum atomic E-state index is 12.2. The zero-order valence-corrected chi connectivity index (χ0v) is 21.4. The minimum Gasteiger partial charge on any atom is -0.370 e. The molecule has 8 nitrogen and oxygen atoms in total. The molecule has 6 rings (SSSR count). The molecule has 5 heterocycles. The SMILES string of the molecule is CCC(=O)N1CC2(CCN(c3nc4c(c(-c5c(C)ccc6cn[nH]c56)c3C#N)COC(C)(C)C4)C2)C1. The normalized spacial score (nSPS) is 19.9. The quantitative estimate of drug-likeness (QED) is 0.601. The molecule has 1 N–H and O–H groups in total. The van der Waals surface area contributed by atoms with Gasteiger partial charge in [-0.15, -0.1) is 0 Å². The number of benzene rings is 1. The third-order valence-electron chi connectivity index (χ3n) is 8.20. The Labute approximate surface area is 211 Å². The van der Waals surface area contributed by atoms with Crippen molar-refractivity contribution in [1.82, 2.24) is 20.1 Å². The molecule has 0 saturated carbocycles. The maximum absolute atomic E-state index is 12.2. The Kier molecular flexibility index (Phi) is 5.13. The van der Waals surface area contributed by atoms with Crippen molar-refractivity contribution in [2.75, 3.05) is 31.1 Å². The number of aryl methyl sites for hydroxylation is 1. The molecule has 1 aromatic carbocycles. The first-order chi connectivity index (χ1) is 17.2. The second kappa shape index (κ2) is 8.04. The molecule has 0 aliphatic carbocycles. The lowest BCUT2D eigenvalue weighted by Crippen LogP contribution is -2.59. The summed E-state index contributed by atoms with van der Waals surface area (Å²) in [5.41, 5.74) is 6.30. The molecule has 1 amide bonds. The molecule has 3 aromatic rings. The number of nitrogens with one attached hydrogen (secondary N) is 1. The van der Waals surface area contributed by atoms with Crippen molar-refractivity contribution in [3.63, 3.8) is 0 Å². The number of pyridine rings is 1. The Bertz CT molecular complexity index is 1430. The average molecular weight is 485 g/mol. The van der Waals surface area contributed by atoms with E-state index in [0.29, 0.717) is 25.0 Å². The number of aromatic amines is 1. The molecule has 8 heteroatoms. The highest BCUT2D eigenvalue weighted by Gasteiger charge is 2.49. The van der Waals surface area contributed by atoms with Gasteiger partial charge in [0.05, 0.1) is 29.6 Å². The molecule has 2 aromatic heterocycles. The summed E-state index contributed by atoms with van der Waals surface area (Å²) in [5.74, 6) is 0.980. The first-order valence-corrected chi connectivity index (χ1v) is 12.8. The largest absolute Gasteiger partial charge is 0.370 e. The fourth-order valence-corrected chi connectivity index (χ4v) is 6.27. The van der Waals surface area contributed by atoms with Gasteiger partial charge in [0.25, 0.3) is 0 Å². The van der Waals surface area contributed by atoms with Crippen LogP contribution in [0.1, 0.15) is 56.0 Å². The van der Waals surface area contributed by atoms with E-state index in [2.05, 4.69) is 54.1 Å². The monoisotopic (exact) mass is 484 g/mol. The van der Waals surface area contributed by atoms with Crippen LogP contribution in [0.25, 0.3) is 22.0 Å². The van der Waals surface area contributed by atoms with Crippen molar-refractivity contribution < 1.29 is 9.53 Å². The number of fused-ring (bicyclic) bond motifs is 2. The van der Waals surface area contributed by atoms with E-state index < -0.39 is 0 Å². The zero-order chi connectivity index (χ0) is 25.2. The van der Waals surface area contributed by atoms with Gasteiger partial charge in [-0.3, -0.25) is 9.89 Å². The predicted molar refractivity (Wildman–Crippen MR) is 137 cm³/mol. The van der Waals surface area contributed by atoms with Crippen LogP contribution in [-0.2, 0) is 22.6 Å². The van der Waals surface area contributed by atoms with Gasteiger partial charge in [0.1, 0.15) is 17.5 Å².